The number of hydrogen-bond acceptors (Lipinski definition) is 2. The Morgan fingerprint density at radius 1 is 1.35 bits per heavy atom. The Morgan fingerprint density at radius 2 is 2.25 bits per heavy atom. The summed E-state index contributed by atoms with van der Waals surface area (Å²) in [6, 6.07) is 0. The van der Waals surface area contributed by atoms with Gasteiger partial charge in [-0.1, -0.05) is 29.9 Å². The van der Waals surface area contributed by atoms with Crippen LogP contribution in [0.5, 0.6) is 0 Å². The summed E-state index contributed by atoms with van der Waals surface area (Å²) in [6.45, 7) is 3.76. The van der Waals surface area contributed by atoms with Crippen LogP contribution in [0.15, 0.2) is 47.1 Å². The normalized spacial score (nSPS) is 26.9. The van der Waals surface area contributed by atoms with Crippen LogP contribution in [0.25, 0.3) is 0 Å². The molecular weight excluding hydrogens is 248 g/mol. The van der Waals surface area contributed by atoms with Crippen LogP contribution in [0, 0.1) is 5.92 Å². The zero-order valence-corrected chi connectivity index (χ0v) is 12.3. The molecule has 1 aliphatic carbocycles. The van der Waals surface area contributed by atoms with Gasteiger partial charge in [-0.05, 0) is 56.3 Å². The lowest BCUT2D eigenvalue weighted by Crippen LogP contribution is -2.20. The highest BCUT2D eigenvalue weighted by Gasteiger charge is 2.20. The molecule has 0 N–H and O–H groups in total. The number of rotatable bonds is 4. The highest BCUT2D eigenvalue weighted by molar-refractivity contribution is 5.66. The van der Waals surface area contributed by atoms with Gasteiger partial charge in [0.15, 0.2) is 0 Å². The number of carbonyl (C=O) groups excluding carboxylic acids is 1. The van der Waals surface area contributed by atoms with Crippen LogP contribution in [-0.4, -0.2) is 19.5 Å². The molecule has 0 bridgehead atoms. The highest BCUT2D eigenvalue weighted by Crippen LogP contribution is 2.31. The van der Waals surface area contributed by atoms with Crippen LogP contribution in [0.3, 0.4) is 0 Å². The van der Waals surface area contributed by atoms with Gasteiger partial charge in [0.1, 0.15) is 6.29 Å². The molecule has 108 valence electrons. The Hall–Kier alpha value is -1.41. The molecule has 1 atom stereocenters. The van der Waals surface area contributed by atoms with E-state index in [9.17, 15) is 4.79 Å². The SMILES string of the molecule is CC(/C=C/C=C1/C=C(C2CCCOC2)CCC1)=C\C=O. The molecular formula is C18H24O2. The summed E-state index contributed by atoms with van der Waals surface area (Å²) in [7, 11) is 0. The molecule has 1 unspecified atom stereocenters. The molecule has 2 heteroatoms. The summed E-state index contributed by atoms with van der Waals surface area (Å²) < 4.78 is 5.60. The molecule has 2 nitrogen and oxygen atoms in total. The van der Waals surface area contributed by atoms with Gasteiger partial charge in [-0.3, -0.25) is 4.79 Å². The van der Waals surface area contributed by atoms with Gasteiger partial charge in [-0.2, -0.15) is 0 Å². The first-order valence-corrected chi connectivity index (χ1v) is 7.57. The largest absolute Gasteiger partial charge is 0.381 e. The van der Waals surface area contributed by atoms with Crippen LogP contribution >= 0.6 is 0 Å². The van der Waals surface area contributed by atoms with E-state index in [4.69, 9.17) is 4.74 Å². The van der Waals surface area contributed by atoms with Crippen molar-refractivity contribution in [1.29, 1.82) is 0 Å². The monoisotopic (exact) mass is 272 g/mol. The average molecular weight is 272 g/mol. The standard InChI is InChI=1S/C18H24O2/c1-15(10-11-19)5-2-6-16-7-3-8-17(13-16)18-9-4-12-20-14-18/h2,5-6,10-11,13,18H,3-4,7-9,12,14H2,1H3/b5-2+,15-10+,16-6+. The van der Waals surface area contributed by atoms with E-state index in [1.165, 1.54) is 31.3 Å². The molecule has 0 saturated carbocycles. The van der Waals surface area contributed by atoms with E-state index in [1.54, 1.807) is 11.6 Å². The summed E-state index contributed by atoms with van der Waals surface area (Å²) in [4.78, 5) is 10.4. The van der Waals surface area contributed by atoms with Gasteiger partial charge in [-0.15, -0.1) is 0 Å². The molecule has 20 heavy (non-hydrogen) atoms. The summed E-state index contributed by atoms with van der Waals surface area (Å²) >= 11 is 0. The Balaban J connectivity index is 2.00. The lowest BCUT2D eigenvalue weighted by molar-refractivity contribution is -0.104. The maximum atomic E-state index is 10.4. The van der Waals surface area contributed by atoms with Crippen LogP contribution in [0.1, 0.15) is 39.0 Å². The van der Waals surface area contributed by atoms with E-state index >= 15 is 0 Å². The van der Waals surface area contributed by atoms with Gasteiger partial charge < -0.3 is 4.74 Å². The molecule has 0 aromatic heterocycles. The fraction of sp³-hybridized carbons (Fsp3) is 0.500. The smallest absolute Gasteiger partial charge is 0.143 e. The fourth-order valence-corrected chi connectivity index (χ4v) is 2.85. The maximum Gasteiger partial charge on any atom is 0.143 e. The van der Waals surface area contributed by atoms with Crippen molar-refractivity contribution < 1.29 is 9.53 Å². The van der Waals surface area contributed by atoms with Gasteiger partial charge in [0.05, 0.1) is 6.61 Å². The van der Waals surface area contributed by atoms with Gasteiger partial charge in [0.2, 0.25) is 0 Å². The molecule has 0 aromatic rings. The third-order valence-electron chi connectivity index (χ3n) is 3.99. The van der Waals surface area contributed by atoms with Crippen molar-refractivity contribution in [2.45, 2.75) is 39.0 Å². The highest BCUT2D eigenvalue weighted by atomic mass is 16.5. The van der Waals surface area contributed by atoms with Crippen LogP contribution in [-0.2, 0) is 9.53 Å². The van der Waals surface area contributed by atoms with Crippen LogP contribution < -0.4 is 0 Å². The number of ether oxygens (including phenoxy) is 1. The first kappa shape index (κ1) is 15.0. The van der Waals surface area contributed by atoms with Crippen molar-refractivity contribution in [2.24, 2.45) is 5.92 Å². The van der Waals surface area contributed by atoms with Crippen molar-refractivity contribution >= 4 is 6.29 Å². The summed E-state index contributed by atoms with van der Waals surface area (Å²) in [5, 5.41) is 0. The Kier molecular flexibility index (Phi) is 6.00. The van der Waals surface area contributed by atoms with Crippen molar-refractivity contribution in [3.05, 3.63) is 47.1 Å². The van der Waals surface area contributed by atoms with Gasteiger partial charge >= 0.3 is 0 Å². The first-order chi connectivity index (χ1) is 9.79. The third-order valence-corrected chi connectivity index (χ3v) is 3.99. The number of carbonyl (C=O) groups is 1. The van der Waals surface area contributed by atoms with E-state index in [-0.39, 0.29) is 0 Å². The van der Waals surface area contributed by atoms with E-state index < -0.39 is 0 Å². The zero-order chi connectivity index (χ0) is 14.2. The van der Waals surface area contributed by atoms with Crippen LogP contribution in [0.2, 0.25) is 0 Å². The molecule has 1 heterocycles. The number of hydrogen-bond donors (Lipinski definition) is 0. The predicted octanol–water partition coefficient (Wildman–Crippen LogP) is 4.15. The molecule has 2 aliphatic rings. The van der Waals surface area contributed by atoms with E-state index in [2.05, 4.69) is 12.2 Å². The topological polar surface area (TPSA) is 26.3 Å². The van der Waals surface area contributed by atoms with E-state index in [0.29, 0.717) is 5.92 Å². The minimum absolute atomic E-state index is 0.633. The fourth-order valence-electron chi connectivity index (χ4n) is 2.85. The molecule has 0 spiro atoms. The molecule has 0 radical (unpaired) electrons. The Morgan fingerprint density at radius 3 is 3.00 bits per heavy atom. The van der Waals surface area contributed by atoms with E-state index in [1.807, 2.05) is 19.1 Å². The zero-order valence-electron chi connectivity index (χ0n) is 12.3. The predicted molar refractivity (Wildman–Crippen MR) is 82.5 cm³/mol. The Labute approximate surface area is 121 Å². The Bertz CT molecular complexity index is 446. The quantitative estimate of drug-likeness (QED) is 0.436. The van der Waals surface area contributed by atoms with Gasteiger partial charge in [0, 0.05) is 12.5 Å². The molecule has 2 rings (SSSR count). The first-order valence-electron chi connectivity index (χ1n) is 7.57. The lowest BCUT2D eigenvalue weighted by Gasteiger charge is -2.27. The number of aldehydes is 1. The van der Waals surface area contributed by atoms with Gasteiger partial charge in [-0.25, -0.2) is 0 Å². The molecule has 0 aromatic carbocycles. The minimum Gasteiger partial charge on any atom is -0.381 e. The summed E-state index contributed by atoms with van der Waals surface area (Å²) in [5.74, 6) is 0.633. The third kappa shape index (κ3) is 4.61. The van der Waals surface area contributed by atoms with Crippen molar-refractivity contribution in [3.63, 3.8) is 0 Å². The second-order valence-electron chi connectivity index (χ2n) is 5.63. The summed E-state index contributed by atoms with van der Waals surface area (Å²) in [6.07, 6.45) is 17.0. The lowest BCUT2D eigenvalue weighted by atomic mass is 9.84. The van der Waals surface area contributed by atoms with Crippen molar-refractivity contribution in [3.8, 4) is 0 Å². The molecule has 1 aliphatic heterocycles. The second-order valence-corrected chi connectivity index (χ2v) is 5.63. The molecule has 0 amide bonds. The van der Waals surface area contributed by atoms with Crippen molar-refractivity contribution in [2.75, 3.05) is 13.2 Å². The van der Waals surface area contributed by atoms with E-state index in [0.717, 1.165) is 31.5 Å². The van der Waals surface area contributed by atoms with Crippen molar-refractivity contribution in [1.82, 2.24) is 0 Å². The maximum absolute atomic E-state index is 10.4. The molecule has 1 fully saturated rings. The summed E-state index contributed by atoms with van der Waals surface area (Å²) in [5.41, 5.74) is 3.94. The second kappa shape index (κ2) is 8.01. The average Bonchev–Trinajstić information content (AvgIpc) is 2.49. The minimum atomic E-state index is 0.633. The van der Waals surface area contributed by atoms with Gasteiger partial charge in [0.25, 0.3) is 0 Å². The molecule has 1 saturated heterocycles. The number of allylic oxidation sites excluding steroid dienone is 7. The van der Waals surface area contributed by atoms with Crippen LogP contribution in [0.4, 0.5) is 0 Å².